The molecular weight excluding hydrogens is 258 g/mol. The first-order chi connectivity index (χ1) is 9.45. The molecule has 0 aliphatic carbocycles. The van der Waals surface area contributed by atoms with Crippen molar-refractivity contribution in [1.29, 1.82) is 0 Å². The lowest BCUT2D eigenvalue weighted by Crippen LogP contribution is -2.54. The van der Waals surface area contributed by atoms with Gasteiger partial charge in [0.2, 0.25) is 0 Å². The topological polar surface area (TPSA) is 66.8 Å². The Balaban J connectivity index is 1.83. The summed E-state index contributed by atoms with van der Waals surface area (Å²) in [5.41, 5.74) is 1.08. The summed E-state index contributed by atoms with van der Waals surface area (Å²) in [7, 11) is 0. The molecule has 0 bridgehead atoms. The van der Waals surface area contributed by atoms with Gasteiger partial charge in [-0.15, -0.1) is 0 Å². The number of benzene rings is 1. The van der Waals surface area contributed by atoms with Crippen LogP contribution in [0.2, 0.25) is 0 Å². The van der Waals surface area contributed by atoms with Gasteiger partial charge in [0.05, 0.1) is 6.42 Å². The van der Waals surface area contributed by atoms with Gasteiger partial charge in [-0.2, -0.15) is 0 Å². The molecule has 1 aliphatic heterocycles. The van der Waals surface area contributed by atoms with Crippen molar-refractivity contribution in [3.8, 4) is 5.75 Å². The lowest BCUT2D eigenvalue weighted by atomic mass is 9.96. The van der Waals surface area contributed by atoms with E-state index in [0.29, 0.717) is 18.8 Å². The molecule has 2 rings (SSSR count). The SMILES string of the molecule is Cc1cccc(OC(C)C(=O)N2CC(CC(=O)O)C2)c1. The van der Waals surface area contributed by atoms with Gasteiger partial charge in [0.25, 0.3) is 5.91 Å². The summed E-state index contributed by atoms with van der Waals surface area (Å²) < 4.78 is 5.62. The smallest absolute Gasteiger partial charge is 0.303 e. The molecule has 5 nitrogen and oxygen atoms in total. The van der Waals surface area contributed by atoms with E-state index >= 15 is 0 Å². The van der Waals surface area contributed by atoms with Gasteiger partial charge in [-0.25, -0.2) is 0 Å². The van der Waals surface area contributed by atoms with Gasteiger partial charge < -0.3 is 14.7 Å². The fourth-order valence-corrected chi connectivity index (χ4v) is 2.33. The van der Waals surface area contributed by atoms with Gasteiger partial charge >= 0.3 is 5.97 Å². The second-order valence-electron chi connectivity index (χ2n) is 5.28. The van der Waals surface area contributed by atoms with Crippen LogP contribution in [0.1, 0.15) is 18.9 Å². The van der Waals surface area contributed by atoms with Crippen LogP contribution in [0.3, 0.4) is 0 Å². The monoisotopic (exact) mass is 277 g/mol. The third kappa shape index (κ3) is 3.50. The molecule has 1 fully saturated rings. The molecule has 0 aromatic heterocycles. The van der Waals surface area contributed by atoms with E-state index in [1.165, 1.54) is 0 Å². The van der Waals surface area contributed by atoms with Crippen LogP contribution in [-0.4, -0.2) is 41.1 Å². The van der Waals surface area contributed by atoms with E-state index in [1.54, 1.807) is 11.8 Å². The van der Waals surface area contributed by atoms with Gasteiger partial charge in [0.1, 0.15) is 5.75 Å². The lowest BCUT2D eigenvalue weighted by molar-refractivity contribution is -0.149. The zero-order valence-electron chi connectivity index (χ0n) is 11.7. The predicted octanol–water partition coefficient (Wildman–Crippen LogP) is 1.70. The molecule has 1 N–H and O–H groups in total. The second-order valence-corrected chi connectivity index (χ2v) is 5.28. The maximum atomic E-state index is 12.1. The molecule has 1 unspecified atom stereocenters. The van der Waals surface area contributed by atoms with Gasteiger partial charge in [-0.05, 0) is 31.5 Å². The molecule has 1 aliphatic rings. The van der Waals surface area contributed by atoms with Gasteiger partial charge in [-0.1, -0.05) is 12.1 Å². The van der Waals surface area contributed by atoms with E-state index in [0.717, 1.165) is 5.56 Å². The van der Waals surface area contributed by atoms with Crippen LogP contribution in [0.25, 0.3) is 0 Å². The fraction of sp³-hybridized carbons (Fsp3) is 0.467. The first-order valence-electron chi connectivity index (χ1n) is 6.69. The summed E-state index contributed by atoms with van der Waals surface area (Å²) in [6.45, 7) is 4.69. The third-order valence-corrected chi connectivity index (χ3v) is 3.38. The second kappa shape index (κ2) is 5.94. The van der Waals surface area contributed by atoms with E-state index in [2.05, 4.69) is 0 Å². The molecule has 1 amide bonds. The highest BCUT2D eigenvalue weighted by Crippen LogP contribution is 2.21. The maximum Gasteiger partial charge on any atom is 0.303 e. The lowest BCUT2D eigenvalue weighted by Gasteiger charge is -2.39. The van der Waals surface area contributed by atoms with Gasteiger partial charge in [0.15, 0.2) is 6.10 Å². The Morgan fingerprint density at radius 1 is 1.45 bits per heavy atom. The van der Waals surface area contributed by atoms with Crippen LogP contribution in [0.5, 0.6) is 5.75 Å². The Kier molecular flexibility index (Phi) is 4.27. The minimum absolute atomic E-state index is 0.0719. The van der Waals surface area contributed by atoms with E-state index < -0.39 is 12.1 Å². The first kappa shape index (κ1) is 14.4. The Morgan fingerprint density at radius 3 is 2.75 bits per heavy atom. The summed E-state index contributed by atoms with van der Waals surface area (Å²) in [5, 5.41) is 8.68. The Hall–Kier alpha value is -2.04. The zero-order chi connectivity index (χ0) is 14.7. The number of hydrogen-bond acceptors (Lipinski definition) is 3. The molecule has 20 heavy (non-hydrogen) atoms. The molecule has 0 saturated carbocycles. The van der Waals surface area contributed by atoms with Crippen molar-refractivity contribution in [2.75, 3.05) is 13.1 Å². The number of ether oxygens (including phenoxy) is 1. The molecule has 1 aromatic rings. The summed E-state index contributed by atoms with van der Waals surface area (Å²) in [4.78, 5) is 24.3. The molecule has 0 spiro atoms. The van der Waals surface area contributed by atoms with Gasteiger partial charge in [-0.3, -0.25) is 9.59 Å². The Labute approximate surface area is 118 Å². The summed E-state index contributed by atoms with van der Waals surface area (Å²) in [5.74, 6) is -0.157. The highest BCUT2D eigenvalue weighted by Gasteiger charge is 2.34. The van der Waals surface area contributed by atoms with E-state index in [4.69, 9.17) is 9.84 Å². The van der Waals surface area contributed by atoms with Crippen molar-refractivity contribution in [2.45, 2.75) is 26.4 Å². The number of nitrogens with zero attached hydrogens (tertiary/aromatic N) is 1. The highest BCUT2D eigenvalue weighted by molar-refractivity contribution is 5.82. The number of amides is 1. The van der Waals surface area contributed by atoms with Gasteiger partial charge in [0, 0.05) is 19.0 Å². The van der Waals surface area contributed by atoms with Crippen LogP contribution >= 0.6 is 0 Å². The third-order valence-electron chi connectivity index (χ3n) is 3.38. The Morgan fingerprint density at radius 2 is 2.15 bits per heavy atom. The Bertz CT molecular complexity index is 508. The molecule has 1 saturated heterocycles. The summed E-state index contributed by atoms with van der Waals surface area (Å²) >= 11 is 0. The van der Waals surface area contributed by atoms with E-state index in [-0.39, 0.29) is 18.2 Å². The number of carboxylic acids is 1. The van der Waals surface area contributed by atoms with Crippen LogP contribution in [0.15, 0.2) is 24.3 Å². The van der Waals surface area contributed by atoms with Crippen molar-refractivity contribution < 1.29 is 19.4 Å². The van der Waals surface area contributed by atoms with Crippen molar-refractivity contribution in [1.82, 2.24) is 4.90 Å². The van der Waals surface area contributed by atoms with Crippen LogP contribution in [-0.2, 0) is 9.59 Å². The van der Waals surface area contributed by atoms with Crippen molar-refractivity contribution in [2.24, 2.45) is 5.92 Å². The van der Waals surface area contributed by atoms with E-state index in [1.807, 2.05) is 31.2 Å². The summed E-state index contributed by atoms with van der Waals surface area (Å²) in [6, 6.07) is 7.55. The molecule has 1 heterocycles. The van der Waals surface area contributed by atoms with Crippen LogP contribution < -0.4 is 4.74 Å². The standard InChI is InChI=1S/C15H19NO4/c1-10-4-3-5-13(6-10)20-11(2)15(19)16-8-12(9-16)7-14(17)18/h3-6,11-12H,7-9H2,1-2H3,(H,17,18). The number of aliphatic carboxylic acids is 1. The van der Waals surface area contributed by atoms with Crippen molar-refractivity contribution >= 4 is 11.9 Å². The predicted molar refractivity (Wildman–Crippen MR) is 73.6 cm³/mol. The average molecular weight is 277 g/mol. The maximum absolute atomic E-state index is 12.1. The number of hydrogen-bond donors (Lipinski definition) is 1. The number of carboxylic acid groups (broad SMARTS) is 1. The number of likely N-dealkylation sites (tertiary alicyclic amines) is 1. The minimum atomic E-state index is -0.814. The molecule has 0 radical (unpaired) electrons. The number of carbonyl (C=O) groups is 2. The normalized spacial score (nSPS) is 16.4. The average Bonchev–Trinajstić information content (AvgIpc) is 2.32. The highest BCUT2D eigenvalue weighted by atomic mass is 16.5. The largest absolute Gasteiger partial charge is 0.481 e. The number of carbonyl (C=O) groups excluding carboxylic acids is 1. The van der Waals surface area contributed by atoms with Crippen molar-refractivity contribution in [3.05, 3.63) is 29.8 Å². The number of rotatable bonds is 5. The first-order valence-corrected chi connectivity index (χ1v) is 6.69. The van der Waals surface area contributed by atoms with Crippen LogP contribution in [0, 0.1) is 12.8 Å². The quantitative estimate of drug-likeness (QED) is 0.889. The zero-order valence-corrected chi connectivity index (χ0v) is 11.7. The van der Waals surface area contributed by atoms with Crippen LogP contribution in [0.4, 0.5) is 0 Å². The molecular formula is C15H19NO4. The fourth-order valence-electron chi connectivity index (χ4n) is 2.33. The summed E-state index contributed by atoms with van der Waals surface area (Å²) in [6.07, 6.45) is -0.431. The molecule has 1 atom stereocenters. The molecule has 108 valence electrons. The van der Waals surface area contributed by atoms with E-state index in [9.17, 15) is 9.59 Å². The minimum Gasteiger partial charge on any atom is -0.481 e. The molecule has 5 heteroatoms. The number of aryl methyl sites for hydroxylation is 1. The molecule has 1 aromatic carbocycles. The van der Waals surface area contributed by atoms with Crippen molar-refractivity contribution in [3.63, 3.8) is 0 Å².